The molecule has 0 aliphatic carbocycles. The Labute approximate surface area is 118 Å². The number of rotatable bonds is 3. The molecule has 2 aromatic rings. The molecule has 1 aromatic heterocycles. The number of amides is 1. The molecule has 106 valence electrons. The summed E-state index contributed by atoms with van der Waals surface area (Å²) in [6.07, 6.45) is 2.06. The average molecular weight is 272 g/mol. The number of para-hydroxylation sites is 1. The van der Waals surface area contributed by atoms with E-state index in [1.54, 1.807) is 0 Å². The summed E-state index contributed by atoms with van der Waals surface area (Å²) >= 11 is 0. The highest BCUT2D eigenvalue weighted by molar-refractivity contribution is 5.79. The first-order valence-electron chi connectivity index (χ1n) is 7.11. The molecule has 20 heavy (non-hydrogen) atoms. The van der Waals surface area contributed by atoms with Crippen LogP contribution in [-0.4, -0.2) is 39.9 Å². The van der Waals surface area contributed by atoms with Crippen LogP contribution in [0, 0.1) is 6.92 Å². The zero-order chi connectivity index (χ0) is 14.1. The number of benzene rings is 1. The Kier molecular flexibility index (Phi) is 3.44. The number of aromatic amines is 1. The highest BCUT2D eigenvalue weighted by atomic mass is 16.2. The lowest BCUT2D eigenvalue weighted by Gasteiger charge is -2.14. The molecule has 0 radical (unpaired) electrons. The van der Waals surface area contributed by atoms with E-state index in [2.05, 4.69) is 9.97 Å². The maximum atomic E-state index is 12.1. The summed E-state index contributed by atoms with van der Waals surface area (Å²) in [6, 6.07) is 6.22. The third kappa shape index (κ3) is 2.54. The van der Waals surface area contributed by atoms with Crippen molar-refractivity contribution in [1.82, 2.24) is 14.9 Å². The van der Waals surface area contributed by atoms with Gasteiger partial charge in [-0.2, -0.15) is 0 Å². The Bertz CT molecular complexity index is 634. The van der Waals surface area contributed by atoms with Gasteiger partial charge >= 0.3 is 0 Å². The fourth-order valence-electron chi connectivity index (χ4n) is 2.74. The number of carbonyl (C=O) groups is 1. The SMILES string of the molecule is Cc1cccc2[nH]c(CCC(=O)N3CCC(N)C3)nc12. The number of nitrogens with two attached hydrogens (primary N) is 1. The summed E-state index contributed by atoms with van der Waals surface area (Å²) in [5.74, 6) is 1.06. The number of hydrogen-bond acceptors (Lipinski definition) is 3. The first-order chi connectivity index (χ1) is 9.63. The van der Waals surface area contributed by atoms with Gasteiger partial charge in [-0.1, -0.05) is 12.1 Å². The van der Waals surface area contributed by atoms with Crippen molar-refractivity contribution in [1.29, 1.82) is 0 Å². The maximum absolute atomic E-state index is 12.1. The van der Waals surface area contributed by atoms with Gasteiger partial charge in [-0.25, -0.2) is 4.98 Å². The zero-order valence-corrected chi connectivity index (χ0v) is 11.7. The van der Waals surface area contributed by atoms with E-state index < -0.39 is 0 Å². The van der Waals surface area contributed by atoms with E-state index in [1.807, 2.05) is 30.0 Å². The van der Waals surface area contributed by atoms with Gasteiger partial charge in [0, 0.05) is 32.0 Å². The Morgan fingerprint density at radius 1 is 1.55 bits per heavy atom. The van der Waals surface area contributed by atoms with Crippen LogP contribution in [0.15, 0.2) is 18.2 Å². The fraction of sp³-hybridized carbons (Fsp3) is 0.467. The Morgan fingerprint density at radius 2 is 2.40 bits per heavy atom. The molecule has 1 aliphatic rings. The third-order valence-corrected chi connectivity index (χ3v) is 3.92. The first-order valence-corrected chi connectivity index (χ1v) is 7.11. The number of hydrogen-bond donors (Lipinski definition) is 2. The number of H-pyrrole nitrogens is 1. The van der Waals surface area contributed by atoms with Crippen LogP contribution in [0.1, 0.15) is 24.2 Å². The second-order valence-electron chi connectivity index (χ2n) is 5.54. The summed E-state index contributed by atoms with van der Waals surface area (Å²) in [4.78, 5) is 21.8. The van der Waals surface area contributed by atoms with Crippen LogP contribution in [0.4, 0.5) is 0 Å². The molecule has 1 saturated heterocycles. The number of nitrogens with one attached hydrogen (secondary N) is 1. The van der Waals surface area contributed by atoms with Gasteiger partial charge in [0.05, 0.1) is 11.0 Å². The lowest BCUT2D eigenvalue weighted by molar-refractivity contribution is -0.130. The number of imidazole rings is 1. The molecule has 1 aromatic carbocycles. The second kappa shape index (κ2) is 5.25. The molecule has 3 N–H and O–H groups in total. The van der Waals surface area contributed by atoms with Gasteiger partial charge in [0.2, 0.25) is 5.91 Å². The van der Waals surface area contributed by atoms with Gasteiger partial charge in [0.25, 0.3) is 0 Å². The van der Waals surface area contributed by atoms with Gasteiger partial charge in [-0.15, -0.1) is 0 Å². The second-order valence-corrected chi connectivity index (χ2v) is 5.54. The smallest absolute Gasteiger partial charge is 0.223 e. The van der Waals surface area contributed by atoms with Crippen molar-refractivity contribution in [2.24, 2.45) is 5.73 Å². The lowest BCUT2D eigenvalue weighted by atomic mass is 10.2. The first kappa shape index (κ1) is 13.1. The third-order valence-electron chi connectivity index (χ3n) is 3.92. The number of nitrogens with zero attached hydrogens (tertiary/aromatic N) is 2. The quantitative estimate of drug-likeness (QED) is 0.886. The van der Waals surface area contributed by atoms with E-state index in [9.17, 15) is 4.79 Å². The molecule has 0 saturated carbocycles. The minimum atomic E-state index is 0.146. The molecule has 1 atom stereocenters. The average Bonchev–Trinajstić information content (AvgIpc) is 3.03. The lowest BCUT2D eigenvalue weighted by Crippen LogP contribution is -2.32. The highest BCUT2D eigenvalue weighted by Crippen LogP contribution is 2.16. The highest BCUT2D eigenvalue weighted by Gasteiger charge is 2.23. The van der Waals surface area contributed by atoms with Gasteiger partial charge in [-0.3, -0.25) is 4.79 Å². The summed E-state index contributed by atoms with van der Waals surface area (Å²) < 4.78 is 0. The number of fused-ring (bicyclic) bond motifs is 1. The normalized spacial score (nSPS) is 18.9. The van der Waals surface area contributed by atoms with Crippen molar-refractivity contribution < 1.29 is 4.79 Å². The minimum absolute atomic E-state index is 0.146. The largest absolute Gasteiger partial charge is 0.342 e. The molecule has 0 bridgehead atoms. The van der Waals surface area contributed by atoms with Crippen LogP contribution in [0.5, 0.6) is 0 Å². The predicted molar refractivity (Wildman–Crippen MR) is 78.3 cm³/mol. The molecule has 5 heteroatoms. The van der Waals surface area contributed by atoms with Crippen LogP contribution in [0.2, 0.25) is 0 Å². The van der Waals surface area contributed by atoms with Crippen LogP contribution >= 0.6 is 0 Å². The van der Waals surface area contributed by atoms with E-state index in [0.717, 1.165) is 35.4 Å². The number of likely N-dealkylation sites (tertiary alicyclic amines) is 1. The van der Waals surface area contributed by atoms with Crippen LogP contribution in [0.3, 0.4) is 0 Å². The van der Waals surface area contributed by atoms with Crippen molar-refractivity contribution in [3.8, 4) is 0 Å². The van der Waals surface area contributed by atoms with E-state index in [-0.39, 0.29) is 11.9 Å². The summed E-state index contributed by atoms with van der Waals surface area (Å²) in [6.45, 7) is 3.53. The minimum Gasteiger partial charge on any atom is -0.342 e. The van der Waals surface area contributed by atoms with E-state index >= 15 is 0 Å². The Hall–Kier alpha value is -1.88. The summed E-state index contributed by atoms with van der Waals surface area (Å²) in [5, 5.41) is 0. The molecule has 5 nitrogen and oxygen atoms in total. The monoisotopic (exact) mass is 272 g/mol. The van der Waals surface area contributed by atoms with Crippen LogP contribution in [0.25, 0.3) is 11.0 Å². The van der Waals surface area contributed by atoms with Crippen LogP contribution < -0.4 is 5.73 Å². The van der Waals surface area contributed by atoms with E-state index in [4.69, 9.17) is 5.73 Å². The van der Waals surface area contributed by atoms with Crippen molar-refractivity contribution in [2.75, 3.05) is 13.1 Å². The van der Waals surface area contributed by atoms with E-state index in [0.29, 0.717) is 19.4 Å². The molecule has 1 aliphatic heterocycles. The van der Waals surface area contributed by atoms with Gasteiger partial charge < -0.3 is 15.6 Å². The van der Waals surface area contributed by atoms with E-state index in [1.165, 1.54) is 0 Å². The van der Waals surface area contributed by atoms with Crippen molar-refractivity contribution in [2.45, 2.75) is 32.2 Å². The standard InChI is InChI=1S/C15H20N4O/c1-10-3-2-4-12-15(10)18-13(17-12)5-6-14(20)19-8-7-11(16)9-19/h2-4,11H,5-9,16H2,1H3,(H,17,18). The molecular formula is C15H20N4O. The molecule has 2 heterocycles. The molecule has 1 amide bonds. The predicted octanol–water partition coefficient (Wildman–Crippen LogP) is 1.36. The Morgan fingerprint density at radius 3 is 3.10 bits per heavy atom. The number of carbonyl (C=O) groups excluding carboxylic acids is 1. The van der Waals surface area contributed by atoms with Gasteiger partial charge in [0.15, 0.2) is 0 Å². The maximum Gasteiger partial charge on any atom is 0.223 e. The van der Waals surface area contributed by atoms with Crippen LogP contribution in [-0.2, 0) is 11.2 Å². The molecule has 3 rings (SSSR count). The molecule has 1 fully saturated rings. The molecule has 0 spiro atoms. The Balaban J connectivity index is 1.65. The van der Waals surface area contributed by atoms with Gasteiger partial charge in [0.1, 0.15) is 5.82 Å². The number of aryl methyl sites for hydroxylation is 2. The molecule has 1 unspecified atom stereocenters. The van der Waals surface area contributed by atoms with Crippen molar-refractivity contribution in [3.63, 3.8) is 0 Å². The van der Waals surface area contributed by atoms with Crippen molar-refractivity contribution >= 4 is 16.9 Å². The summed E-state index contributed by atoms with van der Waals surface area (Å²) in [7, 11) is 0. The molecular weight excluding hydrogens is 252 g/mol. The topological polar surface area (TPSA) is 75.0 Å². The van der Waals surface area contributed by atoms with Crippen molar-refractivity contribution in [3.05, 3.63) is 29.6 Å². The number of aromatic nitrogens is 2. The zero-order valence-electron chi connectivity index (χ0n) is 11.7. The summed E-state index contributed by atoms with van der Waals surface area (Å²) in [5.41, 5.74) is 9.02. The fourth-order valence-corrected chi connectivity index (χ4v) is 2.74. The van der Waals surface area contributed by atoms with Gasteiger partial charge in [-0.05, 0) is 25.0 Å².